The van der Waals surface area contributed by atoms with E-state index in [1.807, 2.05) is 18.2 Å². The van der Waals surface area contributed by atoms with Gasteiger partial charge in [-0.1, -0.05) is 11.8 Å². The van der Waals surface area contributed by atoms with E-state index in [0.717, 1.165) is 34.7 Å². The minimum atomic E-state index is -1.39. The number of anilines is 2. The molecule has 1 aliphatic carbocycles. The second-order valence-corrected chi connectivity index (χ2v) is 8.43. The normalized spacial score (nSPS) is 13.2. The number of alkyl halides is 1. The molecule has 2 aromatic heterocycles. The van der Waals surface area contributed by atoms with Gasteiger partial charge in [0.15, 0.2) is 0 Å². The Morgan fingerprint density at radius 1 is 1.16 bits per heavy atom. The minimum Gasteiger partial charge on any atom is -0.490 e. The van der Waals surface area contributed by atoms with Gasteiger partial charge in [0.05, 0.1) is 5.56 Å². The average molecular weight is 432 g/mol. The predicted molar refractivity (Wildman–Crippen MR) is 124 cm³/mol. The Labute approximate surface area is 186 Å². The molecule has 0 unspecified atom stereocenters. The first-order valence-corrected chi connectivity index (χ1v) is 10.5. The molecule has 0 spiro atoms. The average Bonchev–Trinajstić information content (AvgIpc) is 3.62. The number of ether oxygens (including phenoxy) is 1. The number of nitrogens with zero attached hydrogens (tertiary/aromatic N) is 2. The lowest BCUT2D eigenvalue weighted by Crippen LogP contribution is -2.22. The quantitative estimate of drug-likeness (QED) is 0.559. The van der Waals surface area contributed by atoms with Crippen LogP contribution in [0.5, 0.6) is 5.75 Å². The second-order valence-electron chi connectivity index (χ2n) is 8.43. The standard InChI is InChI=1S/C25H25FN4O2/c1-25(2,26)15-32-19-10-5-16(6-11-19)4-7-18-13-29-23(27-3)21-14-28-22(12-20(18)21)30-24(31)17-8-9-17/h5-6,10-14,17H,8-9,15H2,1-3H3,(H,27,29)(H,28,30,31). The molecule has 2 heterocycles. The van der Waals surface area contributed by atoms with Crippen LogP contribution in [0.2, 0.25) is 0 Å². The van der Waals surface area contributed by atoms with E-state index in [0.29, 0.717) is 17.4 Å². The van der Waals surface area contributed by atoms with Crippen LogP contribution in [0.15, 0.2) is 42.7 Å². The highest BCUT2D eigenvalue weighted by atomic mass is 19.1. The number of amides is 1. The molecular weight excluding hydrogens is 407 g/mol. The summed E-state index contributed by atoms with van der Waals surface area (Å²) in [5.41, 5.74) is 0.125. The zero-order chi connectivity index (χ0) is 22.7. The Morgan fingerprint density at radius 3 is 2.56 bits per heavy atom. The molecule has 0 aliphatic heterocycles. The van der Waals surface area contributed by atoms with Crippen molar-refractivity contribution in [2.45, 2.75) is 32.4 Å². The van der Waals surface area contributed by atoms with E-state index in [1.165, 1.54) is 13.8 Å². The Balaban J connectivity index is 1.59. The number of carbonyl (C=O) groups is 1. The monoisotopic (exact) mass is 432 g/mol. The highest BCUT2D eigenvalue weighted by molar-refractivity contribution is 5.99. The SMILES string of the molecule is CNc1ncc(C#Cc2ccc(OCC(C)(C)F)cc2)c2cc(NC(=O)C3CC3)ncc12. The zero-order valence-electron chi connectivity index (χ0n) is 18.3. The zero-order valence-corrected chi connectivity index (χ0v) is 18.3. The number of benzene rings is 1. The van der Waals surface area contributed by atoms with Crippen molar-refractivity contribution in [2.24, 2.45) is 5.92 Å². The number of nitrogens with one attached hydrogen (secondary N) is 2. The van der Waals surface area contributed by atoms with Gasteiger partial charge in [0.25, 0.3) is 0 Å². The van der Waals surface area contributed by atoms with Crippen LogP contribution in [0.25, 0.3) is 10.8 Å². The van der Waals surface area contributed by atoms with Gasteiger partial charge in [-0.25, -0.2) is 14.4 Å². The number of halogens is 1. The van der Waals surface area contributed by atoms with Crippen molar-refractivity contribution < 1.29 is 13.9 Å². The summed E-state index contributed by atoms with van der Waals surface area (Å²) in [6.07, 6.45) is 5.26. The molecule has 6 nitrogen and oxygen atoms in total. The number of rotatable bonds is 6. The molecule has 32 heavy (non-hydrogen) atoms. The molecule has 0 radical (unpaired) electrons. The molecular formula is C25H25FN4O2. The van der Waals surface area contributed by atoms with Crippen LogP contribution in [-0.2, 0) is 4.79 Å². The van der Waals surface area contributed by atoms with E-state index in [-0.39, 0.29) is 18.4 Å². The largest absolute Gasteiger partial charge is 0.490 e. The van der Waals surface area contributed by atoms with Crippen LogP contribution in [-0.4, -0.2) is 35.2 Å². The van der Waals surface area contributed by atoms with Gasteiger partial charge in [0.2, 0.25) is 5.91 Å². The first kappa shape index (κ1) is 21.6. The summed E-state index contributed by atoms with van der Waals surface area (Å²) in [4.78, 5) is 20.9. The first-order valence-electron chi connectivity index (χ1n) is 10.5. The maximum atomic E-state index is 13.6. The van der Waals surface area contributed by atoms with Gasteiger partial charge in [-0.2, -0.15) is 0 Å². The summed E-state index contributed by atoms with van der Waals surface area (Å²) in [5.74, 6) is 8.18. The van der Waals surface area contributed by atoms with Crippen LogP contribution in [0.3, 0.4) is 0 Å². The van der Waals surface area contributed by atoms with Gasteiger partial charge >= 0.3 is 0 Å². The van der Waals surface area contributed by atoms with Crippen LogP contribution in [0.4, 0.5) is 16.0 Å². The van der Waals surface area contributed by atoms with Crippen LogP contribution in [0.1, 0.15) is 37.8 Å². The van der Waals surface area contributed by atoms with Crippen molar-refractivity contribution in [1.82, 2.24) is 9.97 Å². The summed E-state index contributed by atoms with van der Waals surface area (Å²) in [7, 11) is 1.80. The lowest BCUT2D eigenvalue weighted by molar-refractivity contribution is -0.117. The van der Waals surface area contributed by atoms with Crippen LogP contribution < -0.4 is 15.4 Å². The number of aromatic nitrogens is 2. The number of fused-ring (bicyclic) bond motifs is 1. The molecule has 0 bridgehead atoms. The second kappa shape index (κ2) is 8.83. The molecule has 7 heteroatoms. The Morgan fingerprint density at radius 2 is 1.91 bits per heavy atom. The van der Waals surface area contributed by atoms with Gasteiger partial charge in [-0.15, -0.1) is 0 Å². The number of pyridine rings is 2. The first-order chi connectivity index (χ1) is 15.3. The molecule has 0 atom stereocenters. The summed E-state index contributed by atoms with van der Waals surface area (Å²) in [6, 6.07) is 9.02. The summed E-state index contributed by atoms with van der Waals surface area (Å²) in [6.45, 7) is 2.94. The fourth-order valence-corrected chi connectivity index (χ4v) is 3.11. The van der Waals surface area contributed by atoms with Gasteiger partial charge in [0.1, 0.15) is 29.7 Å². The van der Waals surface area contributed by atoms with Crippen molar-refractivity contribution in [2.75, 3.05) is 24.3 Å². The number of hydrogen-bond donors (Lipinski definition) is 2. The third kappa shape index (κ3) is 5.33. The fraction of sp³-hybridized carbons (Fsp3) is 0.320. The molecule has 1 saturated carbocycles. The van der Waals surface area contributed by atoms with Crippen molar-refractivity contribution in [3.05, 3.63) is 53.9 Å². The molecule has 4 rings (SSSR count). The van der Waals surface area contributed by atoms with Gasteiger partial charge in [-0.3, -0.25) is 4.79 Å². The molecule has 3 aromatic rings. The molecule has 1 aliphatic rings. The van der Waals surface area contributed by atoms with Crippen LogP contribution >= 0.6 is 0 Å². The molecule has 1 amide bonds. The van der Waals surface area contributed by atoms with E-state index < -0.39 is 5.67 Å². The van der Waals surface area contributed by atoms with E-state index in [4.69, 9.17) is 4.74 Å². The molecule has 0 saturated heterocycles. The van der Waals surface area contributed by atoms with E-state index in [1.54, 1.807) is 31.6 Å². The third-order valence-electron chi connectivity index (χ3n) is 4.99. The van der Waals surface area contributed by atoms with E-state index in [2.05, 4.69) is 32.4 Å². The lowest BCUT2D eigenvalue weighted by atomic mass is 10.1. The Kier molecular flexibility index (Phi) is 5.95. The van der Waals surface area contributed by atoms with Gasteiger partial charge < -0.3 is 15.4 Å². The highest BCUT2D eigenvalue weighted by Gasteiger charge is 2.29. The maximum Gasteiger partial charge on any atom is 0.228 e. The van der Waals surface area contributed by atoms with Crippen molar-refractivity contribution in [3.8, 4) is 17.6 Å². The van der Waals surface area contributed by atoms with Crippen molar-refractivity contribution >= 4 is 28.3 Å². The van der Waals surface area contributed by atoms with E-state index >= 15 is 0 Å². The number of carbonyl (C=O) groups excluding carboxylic acids is 1. The smallest absolute Gasteiger partial charge is 0.228 e. The summed E-state index contributed by atoms with van der Waals surface area (Å²) < 4.78 is 19.1. The van der Waals surface area contributed by atoms with Gasteiger partial charge in [-0.05, 0) is 57.0 Å². The Bertz CT molecular complexity index is 1200. The fourth-order valence-electron chi connectivity index (χ4n) is 3.11. The molecule has 164 valence electrons. The van der Waals surface area contributed by atoms with Gasteiger partial charge in [0, 0.05) is 41.7 Å². The van der Waals surface area contributed by atoms with Crippen molar-refractivity contribution in [1.29, 1.82) is 0 Å². The summed E-state index contributed by atoms with van der Waals surface area (Å²) >= 11 is 0. The van der Waals surface area contributed by atoms with Crippen molar-refractivity contribution in [3.63, 3.8) is 0 Å². The topological polar surface area (TPSA) is 76.1 Å². The molecule has 2 N–H and O–H groups in total. The Hall–Kier alpha value is -3.66. The van der Waals surface area contributed by atoms with E-state index in [9.17, 15) is 9.18 Å². The number of hydrogen-bond acceptors (Lipinski definition) is 5. The molecule has 1 fully saturated rings. The summed E-state index contributed by atoms with van der Waals surface area (Å²) in [5, 5.41) is 7.62. The third-order valence-corrected chi connectivity index (χ3v) is 4.99. The maximum absolute atomic E-state index is 13.6. The minimum absolute atomic E-state index is 0.00540. The lowest BCUT2D eigenvalue weighted by Gasteiger charge is -2.14. The molecule has 1 aromatic carbocycles. The predicted octanol–water partition coefficient (Wildman–Crippen LogP) is 4.55. The highest BCUT2D eigenvalue weighted by Crippen LogP contribution is 2.31. The van der Waals surface area contributed by atoms with Crippen LogP contribution in [0, 0.1) is 17.8 Å².